The van der Waals surface area contributed by atoms with Gasteiger partial charge in [-0.05, 0) is 273 Å². The third-order valence-electron chi connectivity index (χ3n) is 29.2. The van der Waals surface area contributed by atoms with Crippen LogP contribution in [-0.4, -0.2) is 35.2 Å². The molecule has 0 fully saturated rings. The molecule has 0 bridgehead atoms. The first-order chi connectivity index (χ1) is 69.9. The second-order valence-electron chi connectivity index (χ2n) is 36.8. The van der Waals surface area contributed by atoms with Crippen LogP contribution in [0.5, 0.6) is 0 Å². The third kappa shape index (κ3) is 21.2. The Kier molecular flexibility index (Phi) is 39.0. The molecular weight excluding hydrogens is 1730 g/mol. The molecule has 17 aromatic carbocycles. The number of para-hydroxylation sites is 5. The van der Waals surface area contributed by atoms with Gasteiger partial charge in [-0.3, -0.25) is 0 Å². The second kappa shape index (κ2) is 50.6. The van der Waals surface area contributed by atoms with Crippen LogP contribution in [0.4, 0.5) is 56.9 Å². The fraction of sp³-hybridized carbons (Fsp3) is 0.319. The van der Waals surface area contributed by atoms with Gasteiger partial charge in [0.2, 0.25) is 0 Å². The highest BCUT2D eigenvalue weighted by molar-refractivity contribution is 6.16. The van der Waals surface area contributed by atoms with Crippen LogP contribution in [0.3, 0.4) is 0 Å². The SMILES string of the molecule is CC.CC.CC.CC.CC.CC.CC.CC.CC.CC.CN1c2ccccc2CCc2c1c1ccccc1c1ccccc21.CN1c2ccccc2CCc2c1ccc1c2-c2ccccc2C1(C)C.CN1c2ccccc2CCc2c1ccc1ccc3ccccc3c21.CN1c2ccccc2CCc2cc3c(cc21)-c1ccccc1C3(C)C.CN1c2ccccc2CCc2ccc3c(c21)C(C)(C)c1ccccc1-3. The van der Waals surface area contributed by atoms with Crippen LogP contribution >= 0.6 is 0 Å². The Morgan fingerprint density at radius 1 is 0.182 bits per heavy atom. The molecule has 17 aromatic rings. The van der Waals surface area contributed by atoms with Crippen molar-refractivity contribution in [3.8, 4) is 33.4 Å². The predicted molar refractivity (Wildman–Crippen MR) is 638 cm³/mol. The molecule has 5 nitrogen and oxygen atoms in total. The molecule has 0 radical (unpaired) electrons. The van der Waals surface area contributed by atoms with Crippen LogP contribution in [0.1, 0.15) is 269 Å². The number of nitrogens with zero attached hydrogens (tertiary/aromatic N) is 5. The summed E-state index contributed by atoms with van der Waals surface area (Å²) in [4.78, 5) is 12.0. The molecule has 5 heterocycles. The Hall–Kier alpha value is -13.2. The lowest BCUT2D eigenvalue weighted by molar-refractivity contribution is 0.659. The van der Waals surface area contributed by atoms with E-state index in [0.717, 1.165) is 64.2 Å². The van der Waals surface area contributed by atoms with Crippen molar-refractivity contribution in [1.29, 1.82) is 0 Å². The smallest absolute Gasteiger partial charge is 0.0526 e. The summed E-state index contributed by atoms with van der Waals surface area (Å²) in [6.07, 6.45) is 11.0. The topological polar surface area (TPSA) is 16.2 Å². The van der Waals surface area contributed by atoms with E-state index in [0.29, 0.717) is 0 Å². The second-order valence-corrected chi connectivity index (χ2v) is 36.8. The van der Waals surface area contributed by atoms with Crippen molar-refractivity contribution in [1.82, 2.24) is 0 Å². The van der Waals surface area contributed by atoms with E-state index >= 15 is 0 Å². The maximum atomic E-state index is 2.48. The molecule has 25 rings (SSSR count). The normalized spacial score (nSPS) is 13.7. The van der Waals surface area contributed by atoms with E-state index in [1.54, 1.807) is 0 Å². The predicted octanol–water partition coefficient (Wildman–Crippen LogP) is 39.6. The summed E-state index contributed by atoms with van der Waals surface area (Å²) in [7, 11) is 11.1. The van der Waals surface area contributed by atoms with Crippen LogP contribution in [0, 0.1) is 0 Å². The molecule has 0 unspecified atom stereocenters. The fourth-order valence-electron chi connectivity index (χ4n) is 22.9. The highest BCUT2D eigenvalue weighted by atomic mass is 15.1. The van der Waals surface area contributed by atoms with Gasteiger partial charge in [0, 0.05) is 108 Å². The summed E-state index contributed by atoms with van der Waals surface area (Å²) in [5.74, 6) is 0. The van der Waals surface area contributed by atoms with Gasteiger partial charge in [-0.15, -0.1) is 0 Å². The van der Waals surface area contributed by atoms with Gasteiger partial charge in [-0.25, -0.2) is 0 Å². The molecule has 0 atom stereocenters. The summed E-state index contributed by atoms with van der Waals surface area (Å²) in [5, 5.41) is 10.9. The molecule has 0 aromatic heterocycles. The van der Waals surface area contributed by atoms with Gasteiger partial charge >= 0.3 is 0 Å². The molecule has 0 N–H and O–H groups in total. The Balaban J connectivity index is 0.000000163. The summed E-state index contributed by atoms with van der Waals surface area (Å²) >= 11 is 0. The lowest BCUT2D eigenvalue weighted by Gasteiger charge is -2.30. The van der Waals surface area contributed by atoms with Gasteiger partial charge in [-0.1, -0.05) is 459 Å². The number of rotatable bonds is 0. The Morgan fingerprint density at radius 2 is 0.510 bits per heavy atom. The van der Waals surface area contributed by atoms with E-state index < -0.39 is 0 Å². The zero-order valence-corrected chi connectivity index (χ0v) is 93.0. The lowest BCUT2D eigenvalue weighted by atomic mass is 9.80. The molecule has 0 spiro atoms. The summed E-state index contributed by atoms with van der Waals surface area (Å²) in [6.45, 7) is 54.2. The zero-order valence-electron chi connectivity index (χ0n) is 93.0. The van der Waals surface area contributed by atoms with Crippen LogP contribution in [0.25, 0.3) is 76.5 Å². The quantitative estimate of drug-likeness (QED) is 0.140. The first-order valence-electron chi connectivity index (χ1n) is 54.7. The van der Waals surface area contributed by atoms with Crippen LogP contribution in [0.15, 0.2) is 328 Å². The van der Waals surface area contributed by atoms with Gasteiger partial charge in [0.15, 0.2) is 0 Å². The Bertz CT molecular complexity index is 7070. The number of fused-ring (bicyclic) bond motifs is 30. The zero-order chi connectivity index (χ0) is 104. The fourth-order valence-corrected chi connectivity index (χ4v) is 22.9. The maximum absolute atomic E-state index is 2.48. The van der Waals surface area contributed by atoms with Crippen molar-refractivity contribution < 1.29 is 0 Å². The molecule has 8 aliphatic rings. The summed E-state index contributed by atoms with van der Waals surface area (Å²) in [5.41, 5.74) is 45.7. The Labute approximate surface area is 864 Å². The monoisotopic (exact) mass is 1890 g/mol. The van der Waals surface area contributed by atoms with Crippen LogP contribution in [-0.2, 0) is 80.5 Å². The molecule has 5 aliphatic heterocycles. The van der Waals surface area contributed by atoms with E-state index in [2.05, 4.69) is 429 Å². The standard InChI is InChI=1S/3C24H23N.2C23H19N.10C2H6/c1-24(2)20-10-6-5-9-18(20)19-15-23-17(14-21(19)24)13-12-16-8-4-7-11-22(16)25(23)3;1-24(2)20-10-6-5-9-18(20)19-15-14-17-13-12-16-8-4-7-11-21(16)25(3)23(17)22(19)24;1-24(2)19-10-6-5-9-17(19)23-18-13-12-16-8-4-7-11-21(16)25(3)22(18)15-14-20(23)24;1-24-22-13-7-2-8-16(22)14-15-21-19-11-4-3-9-17(19)18-10-5-6-12-20(18)23(21)24;1-24-21-9-5-3-7-17(21)12-14-20-22(24)15-13-18-11-10-16-6-2-4-8-19(16)23(18)20;10*1-2/h3*4-11,14-15H,12-13H2,1-3H3;2-13H,14-15H2,1H3;2-11,13,15H,12,14H2,1H3;10*1-2H3. The van der Waals surface area contributed by atoms with Gasteiger partial charge in [0.05, 0.1) is 5.69 Å². The number of anilines is 10. The van der Waals surface area contributed by atoms with Crippen LogP contribution < -0.4 is 24.5 Å². The van der Waals surface area contributed by atoms with E-state index in [-0.39, 0.29) is 16.2 Å². The molecular formula is C138H167N5. The molecule has 5 heteroatoms. The summed E-state index contributed by atoms with van der Waals surface area (Å²) in [6, 6.07) is 121. The minimum absolute atomic E-state index is 0.0326. The van der Waals surface area contributed by atoms with Gasteiger partial charge in [-0.2, -0.15) is 0 Å². The van der Waals surface area contributed by atoms with E-state index in [1.807, 2.05) is 138 Å². The number of benzene rings is 17. The average Bonchev–Trinajstić information content (AvgIpc) is 1.57. The first-order valence-corrected chi connectivity index (χ1v) is 54.7. The van der Waals surface area contributed by atoms with Gasteiger partial charge < -0.3 is 24.5 Å². The molecule has 0 saturated carbocycles. The minimum Gasteiger partial charge on any atom is -0.344 e. The van der Waals surface area contributed by atoms with Crippen molar-refractivity contribution in [3.05, 3.63) is 417 Å². The maximum Gasteiger partial charge on any atom is 0.0526 e. The largest absolute Gasteiger partial charge is 0.344 e. The molecule has 3 aliphatic carbocycles. The van der Waals surface area contributed by atoms with Crippen LogP contribution in [0.2, 0.25) is 0 Å². The van der Waals surface area contributed by atoms with E-state index in [9.17, 15) is 0 Å². The van der Waals surface area contributed by atoms with Crippen molar-refractivity contribution in [2.45, 2.75) is 260 Å². The molecule has 0 saturated heterocycles. The number of aryl methyl sites for hydroxylation is 9. The lowest BCUT2D eigenvalue weighted by Crippen LogP contribution is -2.21. The minimum atomic E-state index is 0.0326. The number of hydrogen-bond donors (Lipinski definition) is 0. The highest BCUT2D eigenvalue weighted by Crippen LogP contribution is 2.58. The van der Waals surface area contributed by atoms with Gasteiger partial charge in [0.1, 0.15) is 0 Å². The van der Waals surface area contributed by atoms with Gasteiger partial charge in [0.25, 0.3) is 0 Å². The molecule has 143 heavy (non-hydrogen) atoms. The number of hydrogen-bond acceptors (Lipinski definition) is 5. The van der Waals surface area contributed by atoms with Crippen molar-refractivity contribution in [3.63, 3.8) is 0 Å². The van der Waals surface area contributed by atoms with E-state index in [4.69, 9.17) is 0 Å². The van der Waals surface area contributed by atoms with Crippen molar-refractivity contribution >= 4 is 100.0 Å². The summed E-state index contributed by atoms with van der Waals surface area (Å²) < 4.78 is 0. The van der Waals surface area contributed by atoms with Crippen molar-refractivity contribution in [2.75, 3.05) is 59.7 Å². The third-order valence-corrected chi connectivity index (χ3v) is 29.2. The first kappa shape index (κ1) is 110. The Morgan fingerprint density at radius 3 is 1.02 bits per heavy atom. The average molecular weight is 1900 g/mol. The van der Waals surface area contributed by atoms with E-state index in [1.165, 1.54) is 222 Å². The molecule has 744 valence electrons. The van der Waals surface area contributed by atoms with Crippen molar-refractivity contribution in [2.24, 2.45) is 0 Å². The molecule has 0 amide bonds. The highest BCUT2D eigenvalue weighted by Gasteiger charge is 2.42.